The summed E-state index contributed by atoms with van der Waals surface area (Å²) >= 11 is 0. The van der Waals surface area contributed by atoms with Gasteiger partial charge in [0, 0.05) is 36.7 Å². The van der Waals surface area contributed by atoms with Crippen LogP contribution < -0.4 is 10.2 Å². The molecule has 0 spiro atoms. The van der Waals surface area contributed by atoms with E-state index in [1.165, 1.54) is 0 Å². The number of hydrogen-bond donors (Lipinski definition) is 1. The van der Waals surface area contributed by atoms with Gasteiger partial charge in [-0.25, -0.2) is 0 Å². The van der Waals surface area contributed by atoms with Crippen molar-refractivity contribution in [3.8, 4) is 0 Å². The van der Waals surface area contributed by atoms with E-state index in [0.717, 1.165) is 10.6 Å². The molecule has 10 nitrogen and oxygen atoms in total. The molecule has 0 aromatic heterocycles. The smallest absolute Gasteiger partial charge is 0.262 e. The number of anilines is 1. The number of imide groups is 2. The van der Waals surface area contributed by atoms with E-state index in [2.05, 4.69) is 15.3 Å². The first-order valence-corrected chi connectivity index (χ1v) is 8.61. The van der Waals surface area contributed by atoms with E-state index >= 15 is 0 Å². The third-order valence-corrected chi connectivity index (χ3v) is 5.15. The average molecular weight is 368 g/mol. The van der Waals surface area contributed by atoms with Crippen molar-refractivity contribution in [3.05, 3.63) is 39.8 Å². The van der Waals surface area contributed by atoms with E-state index in [4.69, 9.17) is 5.53 Å². The Hall–Kier alpha value is -3.39. The third kappa shape index (κ3) is 2.80. The Bertz CT molecular complexity index is 916. The predicted octanol–water partition coefficient (Wildman–Crippen LogP) is 0.834. The number of hydrogen-bond acceptors (Lipinski definition) is 6. The maximum atomic E-state index is 12.8. The highest BCUT2D eigenvalue weighted by Crippen LogP contribution is 2.32. The van der Waals surface area contributed by atoms with E-state index in [-0.39, 0.29) is 29.9 Å². The lowest BCUT2D eigenvalue weighted by atomic mass is 9.98. The summed E-state index contributed by atoms with van der Waals surface area (Å²) in [6.07, 6.45) is 0.228. The van der Waals surface area contributed by atoms with Crippen LogP contribution in [0, 0.1) is 5.92 Å². The molecule has 27 heavy (non-hydrogen) atoms. The quantitative estimate of drug-likeness (QED) is 0.363. The summed E-state index contributed by atoms with van der Waals surface area (Å²) in [4.78, 5) is 54.6. The van der Waals surface area contributed by atoms with Gasteiger partial charge in [-0.1, -0.05) is 5.11 Å². The number of carbonyl (C=O) groups excluding carboxylic acids is 4. The van der Waals surface area contributed by atoms with Crippen molar-refractivity contribution in [2.24, 2.45) is 11.0 Å². The lowest BCUT2D eigenvalue weighted by Crippen LogP contribution is -2.54. The van der Waals surface area contributed by atoms with Crippen molar-refractivity contribution in [3.63, 3.8) is 0 Å². The second-order valence-electron chi connectivity index (χ2n) is 6.86. The van der Waals surface area contributed by atoms with Gasteiger partial charge in [0.1, 0.15) is 6.04 Å². The molecular formula is C17H16N6O4. The second kappa shape index (κ2) is 6.40. The van der Waals surface area contributed by atoms with Crippen LogP contribution in [-0.2, 0) is 9.59 Å². The Morgan fingerprint density at radius 2 is 1.89 bits per heavy atom. The molecule has 3 heterocycles. The highest BCUT2D eigenvalue weighted by molar-refractivity contribution is 6.23. The fourth-order valence-corrected chi connectivity index (χ4v) is 3.70. The third-order valence-electron chi connectivity index (χ3n) is 5.15. The molecule has 0 aliphatic carbocycles. The van der Waals surface area contributed by atoms with E-state index in [9.17, 15) is 19.2 Å². The van der Waals surface area contributed by atoms with Crippen molar-refractivity contribution in [1.29, 1.82) is 0 Å². The molecule has 0 bridgehead atoms. The Balaban J connectivity index is 1.53. The minimum absolute atomic E-state index is 0.0927. The van der Waals surface area contributed by atoms with Gasteiger partial charge in [-0.2, -0.15) is 0 Å². The Labute approximate surface area is 153 Å². The summed E-state index contributed by atoms with van der Waals surface area (Å²) in [5, 5.41) is 5.74. The molecule has 4 rings (SSSR count). The van der Waals surface area contributed by atoms with Gasteiger partial charge in [-0.05, 0) is 36.1 Å². The molecule has 0 saturated carbocycles. The molecule has 3 aliphatic rings. The Kier molecular flexibility index (Phi) is 4.04. The molecule has 2 saturated heterocycles. The van der Waals surface area contributed by atoms with Crippen molar-refractivity contribution in [1.82, 2.24) is 10.2 Å². The molecule has 1 aromatic rings. The minimum Gasteiger partial charge on any atom is -0.371 e. The van der Waals surface area contributed by atoms with E-state index in [1.807, 2.05) is 4.90 Å². The molecule has 138 valence electrons. The summed E-state index contributed by atoms with van der Waals surface area (Å²) in [6, 6.07) is 4.06. The number of nitrogens with zero attached hydrogens (tertiary/aromatic N) is 5. The van der Waals surface area contributed by atoms with E-state index in [0.29, 0.717) is 19.6 Å². The summed E-state index contributed by atoms with van der Waals surface area (Å²) in [7, 11) is 0. The molecular weight excluding hydrogens is 352 g/mol. The lowest BCUT2D eigenvalue weighted by molar-refractivity contribution is -0.136. The normalized spacial score (nSPS) is 22.3. The van der Waals surface area contributed by atoms with Crippen LogP contribution >= 0.6 is 0 Å². The number of piperidine rings is 1. The topological polar surface area (TPSA) is 136 Å². The summed E-state index contributed by atoms with van der Waals surface area (Å²) in [5.41, 5.74) is 9.70. The van der Waals surface area contributed by atoms with Gasteiger partial charge in [-0.15, -0.1) is 0 Å². The molecule has 4 amide bonds. The van der Waals surface area contributed by atoms with E-state index < -0.39 is 29.7 Å². The largest absolute Gasteiger partial charge is 0.371 e. The van der Waals surface area contributed by atoms with Crippen LogP contribution in [0.1, 0.15) is 33.6 Å². The fourth-order valence-electron chi connectivity index (χ4n) is 3.70. The summed E-state index contributed by atoms with van der Waals surface area (Å²) in [5.74, 6) is -1.78. The monoisotopic (exact) mass is 368 g/mol. The van der Waals surface area contributed by atoms with Crippen LogP contribution in [0.2, 0.25) is 0 Å². The predicted molar refractivity (Wildman–Crippen MR) is 92.8 cm³/mol. The average Bonchev–Trinajstić information content (AvgIpc) is 2.85. The number of benzene rings is 1. The van der Waals surface area contributed by atoms with Crippen molar-refractivity contribution in [2.75, 3.05) is 24.5 Å². The maximum Gasteiger partial charge on any atom is 0.262 e. The first-order valence-electron chi connectivity index (χ1n) is 8.61. The second-order valence-corrected chi connectivity index (χ2v) is 6.86. The van der Waals surface area contributed by atoms with Gasteiger partial charge >= 0.3 is 0 Å². The zero-order valence-electron chi connectivity index (χ0n) is 14.3. The van der Waals surface area contributed by atoms with Gasteiger partial charge in [-0.3, -0.25) is 29.4 Å². The summed E-state index contributed by atoms with van der Waals surface area (Å²) < 4.78 is 0. The number of rotatable bonds is 4. The molecule has 2 fully saturated rings. The van der Waals surface area contributed by atoms with Crippen molar-refractivity contribution in [2.45, 2.75) is 18.9 Å². The first kappa shape index (κ1) is 17.0. The number of fused-ring (bicyclic) bond motifs is 1. The van der Waals surface area contributed by atoms with Gasteiger partial charge in [0.15, 0.2) is 0 Å². The number of nitrogens with one attached hydrogen (secondary N) is 1. The van der Waals surface area contributed by atoms with Crippen LogP contribution in [0.3, 0.4) is 0 Å². The number of carbonyl (C=O) groups is 4. The van der Waals surface area contributed by atoms with Crippen molar-refractivity contribution < 1.29 is 19.2 Å². The zero-order chi connectivity index (χ0) is 19.1. The van der Waals surface area contributed by atoms with Gasteiger partial charge in [0.2, 0.25) is 11.8 Å². The molecule has 1 atom stereocenters. The Morgan fingerprint density at radius 1 is 1.15 bits per heavy atom. The lowest BCUT2D eigenvalue weighted by Gasteiger charge is -2.40. The SMILES string of the molecule is [N-]=[N+]=NCC1CN(c2ccc3c(c2)C(=O)N(C2CCC(=O)NC2=O)C3=O)C1. The van der Waals surface area contributed by atoms with Gasteiger partial charge in [0.25, 0.3) is 11.8 Å². The fraction of sp³-hybridized carbons (Fsp3) is 0.412. The van der Waals surface area contributed by atoms with Crippen LogP contribution in [0.4, 0.5) is 5.69 Å². The minimum atomic E-state index is -0.962. The summed E-state index contributed by atoms with van der Waals surface area (Å²) in [6.45, 7) is 1.84. The molecule has 10 heteroatoms. The highest BCUT2D eigenvalue weighted by Gasteiger charge is 2.44. The number of amides is 4. The molecule has 1 unspecified atom stereocenters. The van der Waals surface area contributed by atoms with Gasteiger partial charge < -0.3 is 4.90 Å². The number of azide groups is 1. The highest BCUT2D eigenvalue weighted by atomic mass is 16.2. The van der Waals surface area contributed by atoms with Gasteiger partial charge in [0.05, 0.1) is 11.1 Å². The molecule has 3 aliphatic heterocycles. The standard InChI is InChI=1S/C17H16N6O4/c18-21-19-6-9-7-22(8-9)10-1-2-11-12(5-10)17(27)23(16(11)26)13-3-4-14(24)20-15(13)25/h1-2,5,9,13H,3-4,6-8H2,(H,20,24,25). The van der Waals surface area contributed by atoms with Crippen molar-refractivity contribution >= 4 is 29.3 Å². The molecule has 1 aromatic carbocycles. The maximum absolute atomic E-state index is 12.8. The van der Waals surface area contributed by atoms with Crippen LogP contribution in [-0.4, -0.2) is 54.2 Å². The first-order chi connectivity index (χ1) is 13.0. The Morgan fingerprint density at radius 3 is 2.59 bits per heavy atom. The molecule has 0 radical (unpaired) electrons. The van der Waals surface area contributed by atoms with Crippen LogP contribution in [0.5, 0.6) is 0 Å². The van der Waals surface area contributed by atoms with Crippen LogP contribution in [0.25, 0.3) is 10.4 Å². The van der Waals surface area contributed by atoms with Crippen LogP contribution in [0.15, 0.2) is 23.3 Å². The van der Waals surface area contributed by atoms with E-state index in [1.54, 1.807) is 18.2 Å². The molecule has 1 N–H and O–H groups in total. The zero-order valence-corrected chi connectivity index (χ0v) is 14.3.